The van der Waals surface area contributed by atoms with Gasteiger partial charge in [0.2, 0.25) is 0 Å². The van der Waals surface area contributed by atoms with Crippen LogP contribution in [0, 0.1) is 10.1 Å². The molecule has 0 spiro atoms. The maximum Gasteiger partial charge on any atom is 0.339 e. The third-order valence-electron chi connectivity index (χ3n) is 4.47. The van der Waals surface area contributed by atoms with E-state index in [1.54, 1.807) is 6.26 Å². The third-order valence-corrected chi connectivity index (χ3v) is 5.25. The largest absolute Gasteiger partial charge is 0.449 e. The van der Waals surface area contributed by atoms with Crippen molar-refractivity contribution < 1.29 is 19.2 Å². The van der Waals surface area contributed by atoms with Crippen molar-refractivity contribution in [3.63, 3.8) is 0 Å². The maximum absolute atomic E-state index is 12.3. The Kier molecular flexibility index (Phi) is 7.44. The first-order chi connectivity index (χ1) is 12.4. The molecule has 0 heterocycles. The Balaban J connectivity index is 1.98. The molecule has 0 bridgehead atoms. The first-order valence-corrected chi connectivity index (χ1v) is 9.98. The van der Waals surface area contributed by atoms with Crippen LogP contribution in [0.4, 0.5) is 5.69 Å². The van der Waals surface area contributed by atoms with Gasteiger partial charge in [0.25, 0.3) is 11.6 Å². The van der Waals surface area contributed by atoms with Crippen molar-refractivity contribution >= 4 is 29.3 Å². The van der Waals surface area contributed by atoms with E-state index in [0.29, 0.717) is 4.90 Å². The number of ether oxygens (including phenoxy) is 1. The molecule has 7 nitrogen and oxygen atoms in total. The van der Waals surface area contributed by atoms with Crippen LogP contribution in [0.15, 0.2) is 23.1 Å². The van der Waals surface area contributed by atoms with E-state index in [1.807, 2.05) is 0 Å². The van der Waals surface area contributed by atoms with Gasteiger partial charge in [0.1, 0.15) is 0 Å². The van der Waals surface area contributed by atoms with Crippen LogP contribution in [0.3, 0.4) is 0 Å². The topological polar surface area (TPSA) is 98.5 Å². The molecule has 1 aromatic carbocycles. The standard InChI is InChI=1S/C18H24N2O5S/c1-12(17(21)19-14-7-5-3-4-6-8-14)25-18(22)13-9-10-16(26-2)15(11-13)20(23)24/h9-12,14H,3-8H2,1-2H3,(H,19,21)/t12-/m1/s1. The van der Waals surface area contributed by atoms with Crippen molar-refractivity contribution in [2.24, 2.45) is 0 Å². The molecule has 1 fully saturated rings. The summed E-state index contributed by atoms with van der Waals surface area (Å²) in [6, 6.07) is 4.28. The fourth-order valence-corrected chi connectivity index (χ4v) is 3.53. The van der Waals surface area contributed by atoms with Gasteiger partial charge >= 0.3 is 5.97 Å². The van der Waals surface area contributed by atoms with Gasteiger partial charge in [0, 0.05) is 12.1 Å². The molecule has 142 valence electrons. The monoisotopic (exact) mass is 380 g/mol. The zero-order valence-electron chi connectivity index (χ0n) is 15.0. The minimum Gasteiger partial charge on any atom is -0.449 e. The number of nitrogens with one attached hydrogen (secondary N) is 1. The van der Waals surface area contributed by atoms with Gasteiger partial charge in [0.05, 0.1) is 15.4 Å². The molecule has 0 aromatic heterocycles. The van der Waals surface area contributed by atoms with E-state index in [2.05, 4.69) is 5.32 Å². The number of nitro groups is 1. The lowest BCUT2D eigenvalue weighted by Crippen LogP contribution is -2.41. The Hall–Kier alpha value is -2.09. The summed E-state index contributed by atoms with van der Waals surface area (Å²) < 4.78 is 5.20. The highest BCUT2D eigenvalue weighted by Crippen LogP contribution is 2.28. The molecule has 0 radical (unpaired) electrons. The molecule has 0 saturated heterocycles. The van der Waals surface area contributed by atoms with Crippen molar-refractivity contribution in [3.05, 3.63) is 33.9 Å². The Morgan fingerprint density at radius 3 is 2.50 bits per heavy atom. The molecule has 1 saturated carbocycles. The van der Waals surface area contributed by atoms with Crippen LogP contribution in [0.5, 0.6) is 0 Å². The Bertz CT molecular complexity index is 672. The van der Waals surface area contributed by atoms with E-state index < -0.39 is 17.0 Å². The summed E-state index contributed by atoms with van der Waals surface area (Å²) in [6.07, 6.45) is 7.19. The number of nitrogens with zero attached hydrogens (tertiary/aromatic N) is 1. The van der Waals surface area contributed by atoms with Crippen LogP contribution < -0.4 is 5.32 Å². The molecule has 1 N–H and O–H groups in total. The second kappa shape index (κ2) is 9.56. The van der Waals surface area contributed by atoms with E-state index in [9.17, 15) is 19.7 Å². The number of benzene rings is 1. The molecule has 2 rings (SSSR count). The van der Waals surface area contributed by atoms with Gasteiger partial charge < -0.3 is 10.1 Å². The van der Waals surface area contributed by atoms with Gasteiger partial charge in [-0.05, 0) is 38.2 Å². The van der Waals surface area contributed by atoms with Crippen molar-refractivity contribution in [3.8, 4) is 0 Å². The third kappa shape index (κ3) is 5.45. The number of carbonyl (C=O) groups is 2. The van der Waals surface area contributed by atoms with E-state index in [-0.39, 0.29) is 23.2 Å². The van der Waals surface area contributed by atoms with Crippen LogP contribution in [0.1, 0.15) is 55.8 Å². The number of thioether (sulfide) groups is 1. The van der Waals surface area contributed by atoms with E-state index >= 15 is 0 Å². The highest BCUT2D eigenvalue weighted by Gasteiger charge is 2.24. The molecule has 1 aliphatic rings. The van der Waals surface area contributed by atoms with Gasteiger partial charge in [-0.3, -0.25) is 14.9 Å². The maximum atomic E-state index is 12.3. The zero-order valence-corrected chi connectivity index (χ0v) is 15.8. The van der Waals surface area contributed by atoms with Crippen molar-refractivity contribution in [2.75, 3.05) is 6.26 Å². The lowest BCUT2D eigenvalue weighted by Gasteiger charge is -2.19. The van der Waals surface area contributed by atoms with Crippen molar-refractivity contribution in [1.82, 2.24) is 5.32 Å². The second-order valence-corrected chi connectivity index (χ2v) is 7.24. The molecular weight excluding hydrogens is 356 g/mol. The molecule has 26 heavy (non-hydrogen) atoms. The van der Waals surface area contributed by atoms with Gasteiger partial charge in [-0.1, -0.05) is 25.7 Å². The quantitative estimate of drug-likeness (QED) is 0.266. The summed E-state index contributed by atoms with van der Waals surface area (Å²) in [5, 5.41) is 14.0. The average molecular weight is 380 g/mol. The Morgan fingerprint density at radius 1 is 1.27 bits per heavy atom. The summed E-state index contributed by atoms with van der Waals surface area (Å²) in [6.45, 7) is 1.51. The number of hydrogen-bond acceptors (Lipinski definition) is 6. The van der Waals surface area contributed by atoms with Crippen molar-refractivity contribution in [2.45, 2.75) is 62.5 Å². The van der Waals surface area contributed by atoms with Crippen LogP contribution in [-0.2, 0) is 9.53 Å². The lowest BCUT2D eigenvalue weighted by atomic mass is 10.1. The fourth-order valence-electron chi connectivity index (χ4n) is 2.98. The van der Waals surface area contributed by atoms with E-state index in [4.69, 9.17) is 4.74 Å². The van der Waals surface area contributed by atoms with Crippen LogP contribution in [0.2, 0.25) is 0 Å². The molecule has 8 heteroatoms. The summed E-state index contributed by atoms with van der Waals surface area (Å²) in [4.78, 5) is 35.6. The van der Waals surface area contributed by atoms with Gasteiger partial charge in [-0.25, -0.2) is 4.79 Å². The first-order valence-electron chi connectivity index (χ1n) is 8.76. The molecule has 1 aliphatic carbocycles. The summed E-state index contributed by atoms with van der Waals surface area (Å²) in [7, 11) is 0. The summed E-state index contributed by atoms with van der Waals surface area (Å²) >= 11 is 1.23. The van der Waals surface area contributed by atoms with Gasteiger partial charge in [-0.15, -0.1) is 11.8 Å². The number of rotatable bonds is 6. The molecule has 1 atom stereocenters. The van der Waals surface area contributed by atoms with Crippen LogP contribution >= 0.6 is 11.8 Å². The number of carbonyl (C=O) groups excluding carboxylic acids is 2. The summed E-state index contributed by atoms with van der Waals surface area (Å²) in [5.74, 6) is -1.08. The number of hydrogen-bond donors (Lipinski definition) is 1. The van der Waals surface area contributed by atoms with Crippen LogP contribution in [0.25, 0.3) is 0 Å². The predicted octanol–water partition coefficient (Wildman–Crippen LogP) is 3.70. The number of nitro benzene ring substituents is 1. The SMILES string of the molecule is CSc1ccc(C(=O)O[C@H](C)C(=O)NC2CCCCCC2)cc1[N+](=O)[O-]. The minimum absolute atomic E-state index is 0.0589. The predicted molar refractivity (Wildman–Crippen MR) is 99.4 cm³/mol. The Labute approximate surface area is 157 Å². The average Bonchev–Trinajstić information content (AvgIpc) is 2.89. The first kappa shape index (κ1) is 20.2. The highest BCUT2D eigenvalue weighted by atomic mass is 32.2. The molecular formula is C18H24N2O5S. The van der Waals surface area contributed by atoms with Gasteiger partial charge in [0.15, 0.2) is 6.10 Å². The van der Waals surface area contributed by atoms with Crippen LogP contribution in [-0.4, -0.2) is 35.2 Å². The molecule has 0 unspecified atom stereocenters. The Morgan fingerprint density at radius 2 is 1.92 bits per heavy atom. The smallest absolute Gasteiger partial charge is 0.339 e. The number of amides is 1. The lowest BCUT2D eigenvalue weighted by molar-refractivity contribution is -0.387. The second-order valence-electron chi connectivity index (χ2n) is 6.39. The van der Waals surface area contributed by atoms with Gasteiger partial charge in [-0.2, -0.15) is 0 Å². The minimum atomic E-state index is -0.954. The van der Waals surface area contributed by atoms with E-state index in [0.717, 1.165) is 25.7 Å². The molecule has 1 aromatic rings. The van der Waals surface area contributed by atoms with Crippen molar-refractivity contribution in [1.29, 1.82) is 0 Å². The molecule has 1 amide bonds. The fraction of sp³-hybridized carbons (Fsp3) is 0.556. The number of esters is 1. The van der Waals surface area contributed by atoms with E-state index in [1.165, 1.54) is 49.7 Å². The molecule has 0 aliphatic heterocycles. The zero-order chi connectivity index (χ0) is 19.1. The normalized spacial score (nSPS) is 16.4. The highest BCUT2D eigenvalue weighted by molar-refractivity contribution is 7.98. The summed E-state index contributed by atoms with van der Waals surface area (Å²) in [5.41, 5.74) is -0.0915.